The summed E-state index contributed by atoms with van der Waals surface area (Å²) in [5.41, 5.74) is 0. The quantitative estimate of drug-likeness (QED) is 0.251. The van der Waals surface area contributed by atoms with Crippen LogP contribution in [0.4, 0.5) is 0 Å². The standard InChI is InChI=1S/C11H18O4/c1-2-11(12)14-7-5-3-4-6-13-8-10-9-15-10/h2,10H,1,3-9H2. The van der Waals surface area contributed by atoms with Gasteiger partial charge in [-0.3, -0.25) is 0 Å². The van der Waals surface area contributed by atoms with Crippen LogP contribution >= 0.6 is 0 Å². The summed E-state index contributed by atoms with van der Waals surface area (Å²) in [5.74, 6) is -0.350. The van der Waals surface area contributed by atoms with E-state index in [4.69, 9.17) is 14.2 Å². The highest BCUT2D eigenvalue weighted by molar-refractivity contribution is 5.81. The van der Waals surface area contributed by atoms with E-state index >= 15 is 0 Å². The van der Waals surface area contributed by atoms with Crippen molar-refractivity contribution >= 4 is 5.97 Å². The van der Waals surface area contributed by atoms with E-state index in [0.29, 0.717) is 19.3 Å². The Morgan fingerprint density at radius 2 is 2.13 bits per heavy atom. The van der Waals surface area contributed by atoms with Crippen LogP contribution in [0.25, 0.3) is 0 Å². The van der Waals surface area contributed by atoms with Crippen molar-refractivity contribution in [3.8, 4) is 0 Å². The number of unbranched alkanes of at least 4 members (excludes halogenated alkanes) is 2. The minimum absolute atomic E-state index is 0.346. The Morgan fingerprint density at radius 3 is 2.80 bits per heavy atom. The van der Waals surface area contributed by atoms with Crippen molar-refractivity contribution in [3.63, 3.8) is 0 Å². The molecule has 0 spiro atoms. The fraction of sp³-hybridized carbons (Fsp3) is 0.727. The molecule has 1 atom stereocenters. The van der Waals surface area contributed by atoms with E-state index in [2.05, 4.69) is 6.58 Å². The van der Waals surface area contributed by atoms with Crippen LogP contribution in [-0.2, 0) is 19.0 Å². The van der Waals surface area contributed by atoms with Crippen molar-refractivity contribution in [3.05, 3.63) is 12.7 Å². The number of epoxide rings is 1. The van der Waals surface area contributed by atoms with Crippen LogP contribution in [-0.4, -0.2) is 38.5 Å². The van der Waals surface area contributed by atoms with Gasteiger partial charge in [-0.1, -0.05) is 6.58 Å². The molecular formula is C11H18O4. The SMILES string of the molecule is C=CC(=O)OCCCCCOCC1CO1. The van der Waals surface area contributed by atoms with Gasteiger partial charge in [0.2, 0.25) is 0 Å². The summed E-state index contributed by atoms with van der Waals surface area (Å²) in [7, 11) is 0. The zero-order valence-electron chi connectivity index (χ0n) is 8.94. The summed E-state index contributed by atoms with van der Waals surface area (Å²) in [6, 6.07) is 0. The molecule has 0 aliphatic carbocycles. The Labute approximate surface area is 90.2 Å². The maximum absolute atomic E-state index is 10.7. The lowest BCUT2D eigenvalue weighted by molar-refractivity contribution is -0.137. The van der Waals surface area contributed by atoms with Crippen LogP contribution in [0.2, 0.25) is 0 Å². The lowest BCUT2D eigenvalue weighted by atomic mass is 10.2. The van der Waals surface area contributed by atoms with Gasteiger partial charge >= 0.3 is 5.97 Å². The van der Waals surface area contributed by atoms with Crippen molar-refractivity contribution in [1.82, 2.24) is 0 Å². The van der Waals surface area contributed by atoms with Crippen molar-refractivity contribution in [2.24, 2.45) is 0 Å². The van der Waals surface area contributed by atoms with E-state index in [0.717, 1.165) is 32.5 Å². The molecule has 1 unspecified atom stereocenters. The number of ether oxygens (including phenoxy) is 3. The number of esters is 1. The first-order valence-electron chi connectivity index (χ1n) is 5.31. The van der Waals surface area contributed by atoms with Gasteiger partial charge in [0.15, 0.2) is 0 Å². The second-order valence-corrected chi connectivity index (χ2v) is 3.46. The molecule has 1 heterocycles. The van der Waals surface area contributed by atoms with Crippen LogP contribution in [0.15, 0.2) is 12.7 Å². The molecule has 4 nitrogen and oxygen atoms in total. The van der Waals surface area contributed by atoms with Crippen LogP contribution in [0.5, 0.6) is 0 Å². The second kappa shape index (κ2) is 7.43. The van der Waals surface area contributed by atoms with Gasteiger partial charge in [-0.15, -0.1) is 0 Å². The van der Waals surface area contributed by atoms with Crippen LogP contribution < -0.4 is 0 Å². The summed E-state index contributed by atoms with van der Waals surface area (Å²) in [5, 5.41) is 0. The maximum atomic E-state index is 10.7. The molecule has 0 N–H and O–H groups in total. The highest BCUT2D eigenvalue weighted by atomic mass is 16.6. The molecule has 0 aromatic carbocycles. The number of carbonyl (C=O) groups is 1. The zero-order valence-corrected chi connectivity index (χ0v) is 8.94. The third-order valence-corrected chi connectivity index (χ3v) is 2.05. The van der Waals surface area contributed by atoms with Gasteiger partial charge in [0.05, 0.1) is 19.8 Å². The zero-order chi connectivity index (χ0) is 10.9. The van der Waals surface area contributed by atoms with Crippen molar-refractivity contribution in [2.45, 2.75) is 25.4 Å². The first-order chi connectivity index (χ1) is 7.33. The molecule has 0 bridgehead atoms. The van der Waals surface area contributed by atoms with Gasteiger partial charge < -0.3 is 14.2 Å². The van der Waals surface area contributed by atoms with Crippen LogP contribution in [0.1, 0.15) is 19.3 Å². The molecule has 1 aliphatic heterocycles. The number of hydrogen-bond acceptors (Lipinski definition) is 4. The molecule has 1 rings (SSSR count). The predicted molar refractivity (Wildman–Crippen MR) is 55.6 cm³/mol. The van der Waals surface area contributed by atoms with E-state index in [-0.39, 0.29) is 5.97 Å². The van der Waals surface area contributed by atoms with Gasteiger partial charge in [0.25, 0.3) is 0 Å². The molecule has 1 fully saturated rings. The van der Waals surface area contributed by atoms with Gasteiger partial charge in [0, 0.05) is 12.7 Å². The Hall–Kier alpha value is -0.870. The minimum atomic E-state index is -0.350. The summed E-state index contributed by atoms with van der Waals surface area (Å²) in [6.07, 6.45) is 4.41. The van der Waals surface area contributed by atoms with Gasteiger partial charge in [-0.2, -0.15) is 0 Å². The first kappa shape index (κ1) is 12.2. The van der Waals surface area contributed by atoms with Crippen LogP contribution in [0.3, 0.4) is 0 Å². The van der Waals surface area contributed by atoms with E-state index in [9.17, 15) is 4.79 Å². The first-order valence-corrected chi connectivity index (χ1v) is 5.31. The highest BCUT2D eigenvalue weighted by Crippen LogP contribution is 2.08. The number of hydrogen-bond donors (Lipinski definition) is 0. The van der Waals surface area contributed by atoms with E-state index in [1.165, 1.54) is 6.08 Å². The van der Waals surface area contributed by atoms with Crippen molar-refractivity contribution in [1.29, 1.82) is 0 Å². The fourth-order valence-electron chi connectivity index (χ4n) is 1.09. The van der Waals surface area contributed by atoms with Gasteiger partial charge in [0.1, 0.15) is 6.10 Å². The molecule has 4 heteroatoms. The second-order valence-electron chi connectivity index (χ2n) is 3.46. The molecule has 1 saturated heterocycles. The van der Waals surface area contributed by atoms with Gasteiger partial charge in [-0.05, 0) is 19.3 Å². The predicted octanol–water partition coefficient (Wildman–Crippen LogP) is 1.30. The third kappa shape index (κ3) is 7.11. The number of rotatable bonds is 9. The van der Waals surface area contributed by atoms with E-state index in [1.54, 1.807) is 0 Å². The minimum Gasteiger partial charge on any atom is -0.463 e. The monoisotopic (exact) mass is 214 g/mol. The van der Waals surface area contributed by atoms with Gasteiger partial charge in [-0.25, -0.2) is 4.79 Å². The summed E-state index contributed by atoms with van der Waals surface area (Å²) >= 11 is 0. The Kier molecular flexibility index (Phi) is 6.04. The average molecular weight is 214 g/mol. The lowest BCUT2D eigenvalue weighted by Crippen LogP contribution is -2.04. The molecule has 0 saturated carbocycles. The van der Waals surface area contributed by atoms with Crippen molar-refractivity contribution < 1.29 is 19.0 Å². The Morgan fingerprint density at radius 1 is 1.40 bits per heavy atom. The molecular weight excluding hydrogens is 196 g/mol. The maximum Gasteiger partial charge on any atom is 0.330 e. The summed E-state index contributed by atoms with van der Waals surface area (Å²) < 4.78 is 15.2. The molecule has 0 aromatic rings. The normalized spacial score (nSPS) is 18.5. The summed E-state index contributed by atoms with van der Waals surface area (Å²) in [6.45, 7) is 6.10. The van der Waals surface area contributed by atoms with Crippen molar-refractivity contribution in [2.75, 3.05) is 26.4 Å². The lowest BCUT2D eigenvalue weighted by Gasteiger charge is -2.03. The largest absolute Gasteiger partial charge is 0.463 e. The van der Waals surface area contributed by atoms with E-state index in [1.807, 2.05) is 0 Å². The Bertz CT molecular complexity index is 199. The molecule has 1 aliphatic rings. The van der Waals surface area contributed by atoms with E-state index < -0.39 is 0 Å². The third-order valence-electron chi connectivity index (χ3n) is 2.05. The Balaban J connectivity index is 1.72. The molecule has 0 amide bonds. The smallest absolute Gasteiger partial charge is 0.330 e. The average Bonchev–Trinajstić information content (AvgIpc) is 3.05. The fourth-order valence-corrected chi connectivity index (χ4v) is 1.09. The topological polar surface area (TPSA) is 48.1 Å². The molecule has 0 radical (unpaired) electrons. The molecule has 0 aromatic heterocycles. The number of carbonyl (C=O) groups excluding carboxylic acids is 1. The molecule has 15 heavy (non-hydrogen) atoms. The molecule has 86 valence electrons. The summed E-state index contributed by atoms with van der Waals surface area (Å²) in [4.78, 5) is 10.7. The highest BCUT2D eigenvalue weighted by Gasteiger charge is 2.21. The van der Waals surface area contributed by atoms with Crippen LogP contribution in [0, 0.1) is 0 Å².